The second kappa shape index (κ2) is 21.7. The van der Waals surface area contributed by atoms with Gasteiger partial charge >= 0.3 is 0 Å². The Hall–Kier alpha value is -2.06. The van der Waals surface area contributed by atoms with E-state index in [2.05, 4.69) is 12.2 Å². The SMILES string of the molecule is CCCCCCCCCCN(C(=O)C[C@@H](CC(C)C)C(=O)NCCc1ccccc1)[C@H](CCSC)C(=O)NO. The van der Waals surface area contributed by atoms with Crippen molar-refractivity contribution in [3.63, 3.8) is 0 Å². The lowest BCUT2D eigenvalue weighted by Crippen LogP contribution is -2.50. The first kappa shape index (κ1) is 35.0. The highest BCUT2D eigenvalue weighted by atomic mass is 32.2. The predicted molar refractivity (Wildman–Crippen MR) is 162 cm³/mol. The number of nitrogens with one attached hydrogen (secondary N) is 2. The Bertz CT molecular complexity index is 806. The molecule has 1 aromatic carbocycles. The van der Waals surface area contributed by atoms with Crippen molar-refractivity contribution in [1.29, 1.82) is 0 Å². The van der Waals surface area contributed by atoms with E-state index in [-0.39, 0.29) is 24.2 Å². The first-order valence-electron chi connectivity index (χ1n) is 14.9. The summed E-state index contributed by atoms with van der Waals surface area (Å²) in [6.45, 7) is 7.27. The Morgan fingerprint density at radius 1 is 0.949 bits per heavy atom. The van der Waals surface area contributed by atoms with Crippen LogP contribution >= 0.6 is 11.8 Å². The standard InChI is InChI=1S/C31H53N3O4S/c1-5-6-7-8-9-10-11-15-21-34(28(19-22-39-4)31(37)33-38)29(35)24-27(23-25(2)3)30(36)32-20-18-26-16-13-12-14-17-26/h12-14,16-17,25,27-28,38H,5-11,15,18-24H2,1-4H3,(H,32,36)(H,33,37)/t27-,28-/m1/s1. The highest BCUT2D eigenvalue weighted by Crippen LogP contribution is 2.21. The van der Waals surface area contributed by atoms with Crippen molar-refractivity contribution in [3.8, 4) is 0 Å². The van der Waals surface area contributed by atoms with Crippen molar-refractivity contribution in [2.45, 2.75) is 104 Å². The summed E-state index contributed by atoms with van der Waals surface area (Å²) < 4.78 is 0. The zero-order valence-electron chi connectivity index (χ0n) is 24.8. The van der Waals surface area contributed by atoms with E-state index in [4.69, 9.17) is 0 Å². The summed E-state index contributed by atoms with van der Waals surface area (Å²) in [7, 11) is 0. The Kier molecular flexibility index (Phi) is 19.5. The van der Waals surface area contributed by atoms with E-state index in [1.165, 1.54) is 32.1 Å². The zero-order valence-corrected chi connectivity index (χ0v) is 25.6. The molecule has 39 heavy (non-hydrogen) atoms. The van der Waals surface area contributed by atoms with Crippen LogP contribution in [0.1, 0.15) is 97.0 Å². The quantitative estimate of drug-likeness (QED) is 0.0914. The molecule has 0 aliphatic carbocycles. The van der Waals surface area contributed by atoms with Crippen LogP contribution < -0.4 is 10.8 Å². The first-order valence-corrected chi connectivity index (χ1v) is 16.3. The molecule has 1 aromatic rings. The van der Waals surface area contributed by atoms with Crippen molar-refractivity contribution in [1.82, 2.24) is 15.7 Å². The molecule has 8 heteroatoms. The van der Waals surface area contributed by atoms with Crippen LogP contribution in [0.25, 0.3) is 0 Å². The lowest BCUT2D eigenvalue weighted by molar-refractivity contribution is -0.146. The monoisotopic (exact) mass is 563 g/mol. The number of benzene rings is 1. The number of hydrogen-bond donors (Lipinski definition) is 3. The highest BCUT2D eigenvalue weighted by molar-refractivity contribution is 7.98. The van der Waals surface area contributed by atoms with Crippen molar-refractivity contribution >= 4 is 29.5 Å². The molecule has 0 fully saturated rings. The topological polar surface area (TPSA) is 98.7 Å². The van der Waals surface area contributed by atoms with Crippen LogP contribution in [0.4, 0.5) is 0 Å². The summed E-state index contributed by atoms with van der Waals surface area (Å²) in [4.78, 5) is 41.1. The third-order valence-corrected chi connectivity index (χ3v) is 7.70. The fourth-order valence-electron chi connectivity index (χ4n) is 4.90. The molecule has 7 nitrogen and oxygen atoms in total. The van der Waals surface area contributed by atoms with Gasteiger partial charge in [0.25, 0.3) is 5.91 Å². The van der Waals surface area contributed by atoms with Crippen LogP contribution in [0, 0.1) is 11.8 Å². The maximum atomic E-state index is 13.7. The van der Waals surface area contributed by atoms with E-state index in [0.717, 1.165) is 31.2 Å². The lowest BCUT2D eigenvalue weighted by atomic mass is 9.92. The Balaban J connectivity index is 2.87. The largest absolute Gasteiger partial charge is 0.356 e. The fourth-order valence-corrected chi connectivity index (χ4v) is 5.36. The van der Waals surface area contributed by atoms with E-state index in [9.17, 15) is 19.6 Å². The molecule has 2 atom stereocenters. The van der Waals surface area contributed by atoms with Crippen LogP contribution in [-0.2, 0) is 20.8 Å². The maximum Gasteiger partial charge on any atom is 0.266 e. The van der Waals surface area contributed by atoms with Gasteiger partial charge in [-0.05, 0) is 49.2 Å². The van der Waals surface area contributed by atoms with Gasteiger partial charge in [0.15, 0.2) is 0 Å². The summed E-state index contributed by atoms with van der Waals surface area (Å²) in [5.41, 5.74) is 2.92. The highest BCUT2D eigenvalue weighted by Gasteiger charge is 2.32. The van der Waals surface area contributed by atoms with Gasteiger partial charge in [0.05, 0.1) is 0 Å². The normalized spacial score (nSPS) is 12.7. The van der Waals surface area contributed by atoms with Gasteiger partial charge in [-0.15, -0.1) is 0 Å². The van der Waals surface area contributed by atoms with Gasteiger partial charge in [-0.1, -0.05) is 96.0 Å². The minimum atomic E-state index is -0.750. The van der Waals surface area contributed by atoms with Gasteiger partial charge in [0, 0.05) is 25.4 Å². The molecule has 0 unspecified atom stereocenters. The van der Waals surface area contributed by atoms with Crippen LogP contribution in [0.2, 0.25) is 0 Å². The number of nitrogens with zero attached hydrogens (tertiary/aromatic N) is 1. The minimum absolute atomic E-state index is 0.0564. The third-order valence-electron chi connectivity index (χ3n) is 7.06. The van der Waals surface area contributed by atoms with Gasteiger partial charge in [-0.3, -0.25) is 19.6 Å². The smallest absolute Gasteiger partial charge is 0.266 e. The molecule has 1 rings (SSSR count). The number of carbonyl (C=O) groups is 3. The Labute approximate surface area is 241 Å². The van der Waals surface area contributed by atoms with Gasteiger partial charge in [0.1, 0.15) is 6.04 Å². The van der Waals surface area contributed by atoms with Gasteiger partial charge in [-0.25, -0.2) is 5.48 Å². The van der Waals surface area contributed by atoms with Crippen LogP contribution in [-0.4, -0.2) is 59.0 Å². The van der Waals surface area contributed by atoms with Crippen molar-refractivity contribution in [2.24, 2.45) is 11.8 Å². The number of hydrogen-bond acceptors (Lipinski definition) is 5. The van der Waals surface area contributed by atoms with E-state index < -0.39 is 17.9 Å². The predicted octanol–water partition coefficient (Wildman–Crippen LogP) is 5.99. The van der Waals surface area contributed by atoms with Gasteiger partial charge in [0.2, 0.25) is 11.8 Å². The summed E-state index contributed by atoms with van der Waals surface area (Å²) in [5, 5.41) is 12.4. The van der Waals surface area contributed by atoms with Crippen molar-refractivity contribution in [2.75, 3.05) is 25.1 Å². The van der Waals surface area contributed by atoms with E-state index in [1.54, 1.807) is 22.1 Å². The number of thioether (sulfide) groups is 1. The summed E-state index contributed by atoms with van der Waals surface area (Å²) >= 11 is 1.60. The molecule has 0 heterocycles. The first-order chi connectivity index (χ1) is 18.8. The van der Waals surface area contributed by atoms with Crippen LogP contribution in [0.15, 0.2) is 30.3 Å². The molecule has 0 aromatic heterocycles. The second-order valence-corrected chi connectivity index (χ2v) is 11.9. The Morgan fingerprint density at radius 2 is 1.59 bits per heavy atom. The van der Waals surface area contributed by atoms with E-state index in [1.807, 2.05) is 50.4 Å². The second-order valence-electron chi connectivity index (χ2n) is 10.9. The summed E-state index contributed by atoms with van der Waals surface area (Å²) in [5.74, 6) is -0.410. The molecule has 3 amide bonds. The molecule has 3 N–H and O–H groups in total. The van der Waals surface area contributed by atoms with Gasteiger partial charge in [-0.2, -0.15) is 11.8 Å². The number of carbonyl (C=O) groups excluding carboxylic acids is 3. The van der Waals surface area contributed by atoms with Crippen LogP contribution in [0.5, 0.6) is 0 Å². The molecule has 0 aliphatic rings. The lowest BCUT2D eigenvalue weighted by Gasteiger charge is -2.32. The molecule has 0 radical (unpaired) electrons. The fraction of sp³-hybridized carbons (Fsp3) is 0.710. The number of unbranched alkanes of at least 4 members (excludes halogenated alkanes) is 7. The number of hydroxylamine groups is 1. The Morgan fingerprint density at radius 3 is 2.18 bits per heavy atom. The molecule has 0 bridgehead atoms. The van der Waals surface area contributed by atoms with Crippen molar-refractivity contribution < 1.29 is 19.6 Å². The van der Waals surface area contributed by atoms with Crippen LogP contribution in [0.3, 0.4) is 0 Å². The molecular formula is C31H53N3O4S. The number of rotatable bonds is 22. The molecule has 222 valence electrons. The molecule has 0 saturated carbocycles. The summed E-state index contributed by atoms with van der Waals surface area (Å²) in [6.07, 6.45) is 12.9. The minimum Gasteiger partial charge on any atom is -0.356 e. The molecule has 0 saturated heterocycles. The molecular weight excluding hydrogens is 510 g/mol. The molecule has 0 aliphatic heterocycles. The third kappa shape index (κ3) is 15.3. The van der Waals surface area contributed by atoms with E-state index in [0.29, 0.717) is 31.7 Å². The number of amides is 3. The van der Waals surface area contributed by atoms with Crippen molar-refractivity contribution in [3.05, 3.63) is 35.9 Å². The molecule has 0 spiro atoms. The average molecular weight is 564 g/mol. The van der Waals surface area contributed by atoms with E-state index >= 15 is 0 Å². The zero-order chi connectivity index (χ0) is 28.9. The maximum absolute atomic E-state index is 13.7. The average Bonchev–Trinajstić information content (AvgIpc) is 2.92. The van der Waals surface area contributed by atoms with Gasteiger partial charge < -0.3 is 10.2 Å². The summed E-state index contributed by atoms with van der Waals surface area (Å²) in [6, 6.07) is 9.25.